The Kier molecular flexibility index (Phi) is 4.62. The molecule has 0 aliphatic rings. The standard InChI is InChI=1S/C16H16N2O3S/c1-3-16(19)17-13-5-4-6-14(11-13)18-22(20,21)15-9-7-12(2)8-10-15/h3-11,18H,1H2,2H3,(H,17,19). The Morgan fingerprint density at radius 1 is 1.09 bits per heavy atom. The average Bonchev–Trinajstić information content (AvgIpc) is 2.47. The highest BCUT2D eigenvalue weighted by molar-refractivity contribution is 7.92. The first-order chi connectivity index (χ1) is 10.4. The summed E-state index contributed by atoms with van der Waals surface area (Å²) < 4.78 is 27.1. The number of rotatable bonds is 5. The van der Waals surface area contributed by atoms with Crippen molar-refractivity contribution in [3.63, 3.8) is 0 Å². The maximum absolute atomic E-state index is 12.3. The van der Waals surface area contributed by atoms with Crippen LogP contribution in [-0.2, 0) is 14.8 Å². The van der Waals surface area contributed by atoms with Gasteiger partial charge in [0.1, 0.15) is 0 Å². The number of sulfonamides is 1. The second kappa shape index (κ2) is 6.44. The molecule has 0 aliphatic heterocycles. The Bertz CT molecular complexity index is 796. The minimum Gasteiger partial charge on any atom is -0.322 e. The molecule has 0 aliphatic carbocycles. The molecule has 5 nitrogen and oxygen atoms in total. The number of carbonyl (C=O) groups excluding carboxylic acids is 1. The van der Waals surface area contributed by atoms with Gasteiger partial charge in [-0.15, -0.1) is 0 Å². The quantitative estimate of drug-likeness (QED) is 0.833. The summed E-state index contributed by atoms with van der Waals surface area (Å²) in [5.41, 5.74) is 1.82. The van der Waals surface area contributed by atoms with Gasteiger partial charge in [-0.05, 0) is 43.3 Å². The molecule has 0 saturated heterocycles. The summed E-state index contributed by atoms with van der Waals surface area (Å²) in [7, 11) is -3.66. The summed E-state index contributed by atoms with van der Waals surface area (Å²) in [4.78, 5) is 11.4. The molecule has 0 radical (unpaired) electrons. The number of nitrogens with one attached hydrogen (secondary N) is 2. The topological polar surface area (TPSA) is 75.3 Å². The Hall–Kier alpha value is -2.60. The number of anilines is 2. The van der Waals surface area contributed by atoms with E-state index in [-0.39, 0.29) is 10.8 Å². The van der Waals surface area contributed by atoms with Crippen LogP contribution in [0.15, 0.2) is 66.1 Å². The lowest BCUT2D eigenvalue weighted by Crippen LogP contribution is -2.13. The van der Waals surface area contributed by atoms with Gasteiger partial charge in [0.2, 0.25) is 5.91 Å². The summed E-state index contributed by atoms with van der Waals surface area (Å²) in [5, 5.41) is 2.57. The highest BCUT2D eigenvalue weighted by Crippen LogP contribution is 2.19. The van der Waals surface area contributed by atoms with Crippen LogP contribution in [0.2, 0.25) is 0 Å². The van der Waals surface area contributed by atoms with Gasteiger partial charge in [-0.2, -0.15) is 0 Å². The molecule has 2 aromatic carbocycles. The lowest BCUT2D eigenvalue weighted by atomic mass is 10.2. The van der Waals surface area contributed by atoms with Gasteiger partial charge in [-0.3, -0.25) is 9.52 Å². The van der Waals surface area contributed by atoms with E-state index in [9.17, 15) is 13.2 Å². The number of hydrogen-bond donors (Lipinski definition) is 2. The van der Waals surface area contributed by atoms with Gasteiger partial charge < -0.3 is 5.32 Å². The van der Waals surface area contributed by atoms with Gasteiger partial charge in [0, 0.05) is 5.69 Å². The van der Waals surface area contributed by atoms with Crippen LogP contribution in [0, 0.1) is 6.92 Å². The number of benzene rings is 2. The van der Waals surface area contributed by atoms with Gasteiger partial charge in [0.25, 0.3) is 10.0 Å². The van der Waals surface area contributed by atoms with Crippen LogP contribution in [0.5, 0.6) is 0 Å². The molecule has 0 fully saturated rings. The Morgan fingerprint density at radius 3 is 2.36 bits per heavy atom. The first-order valence-corrected chi connectivity index (χ1v) is 8.02. The molecule has 0 aromatic heterocycles. The van der Waals surface area contributed by atoms with Crippen molar-refractivity contribution in [2.24, 2.45) is 0 Å². The van der Waals surface area contributed by atoms with Crippen LogP contribution in [0.1, 0.15) is 5.56 Å². The summed E-state index contributed by atoms with van der Waals surface area (Å²) in [6, 6.07) is 13.0. The van der Waals surface area contributed by atoms with Crippen LogP contribution in [-0.4, -0.2) is 14.3 Å². The van der Waals surface area contributed by atoms with E-state index in [1.165, 1.54) is 6.07 Å². The van der Waals surface area contributed by atoms with Crippen LogP contribution in [0.4, 0.5) is 11.4 Å². The molecule has 6 heteroatoms. The lowest BCUT2D eigenvalue weighted by molar-refractivity contribution is -0.111. The molecule has 0 heterocycles. The zero-order valence-electron chi connectivity index (χ0n) is 12.0. The van der Waals surface area contributed by atoms with E-state index in [4.69, 9.17) is 0 Å². The van der Waals surface area contributed by atoms with Crippen molar-refractivity contribution in [1.82, 2.24) is 0 Å². The van der Waals surface area contributed by atoms with E-state index in [1.54, 1.807) is 42.5 Å². The van der Waals surface area contributed by atoms with Gasteiger partial charge in [0.15, 0.2) is 0 Å². The smallest absolute Gasteiger partial charge is 0.261 e. The highest BCUT2D eigenvalue weighted by atomic mass is 32.2. The molecule has 0 saturated carbocycles. The number of hydrogen-bond acceptors (Lipinski definition) is 3. The van der Waals surface area contributed by atoms with E-state index in [1.807, 2.05) is 6.92 Å². The second-order valence-electron chi connectivity index (χ2n) is 4.69. The summed E-state index contributed by atoms with van der Waals surface area (Å²) in [5.74, 6) is -0.362. The van der Waals surface area contributed by atoms with E-state index in [0.717, 1.165) is 11.6 Å². The minimum atomic E-state index is -3.66. The van der Waals surface area contributed by atoms with Gasteiger partial charge in [-0.25, -0.2) is 8.42 Å². The molecule has 2 N–H and O–H groups in total. The average molecular weight is 316 g/mol. The molecule has 114 valence electrons. The zero-order valence-corrected chi connectivity index (χ0v) is 12.9. The summed E-state index contributed by atoms with van der Waals surface area (Å²) in [6.07, 6.45) is 1.14. The third-order valence-corrected chi connectivity index (χ3v) is 4.30. The van der Waals surface area contributed by atoms with E-state index in [2.05, 4.69) is 16.6 Å². The predicted molar refractivity (Wildman–Crippen MR) is 87.3 cm³/mol. The maximum atomic E-state index is 12.3. The minimum absolute atomic E-state index is 0.179. The van der Waals surface area contributed by atoms with Crippen molar-refractivity contribution in [1.29, 1.82) is 0 Å². The summed E-state index contributed by atoms with van der Waals surface area (Å²) >= 11 is 0. The van der Waals surface area contributed by atoms with Crippen LogP contribution < -0.4 is 10.0 Å². The molecular formula is C16H16N2O3S. The van der Waals surface area contributed by atoms with Crippen LogP contribution in [0.25, 0.3) is 0 Å². The first kappa shape index (κ1) is 15.8. The van der Waals surface area contributed by atoms with E-state index >= 15 is 0 Å². The molecule has 0 atom stereocenters. The monoisotopic (exact) mass is 316 g/mol. The largest absolute Gasteiger partial charge is 0.322 e. The van der Waals surface area contributed by atoms with E-state index < -0.39 is 10.0 Å². The molecule has 2 aromatic rings. The fraction of sp³-hybridized carbons (Fsp3) is 0.0625. The number of amides is 1. The van der Waals surface area contributed by atoms with E-state index in [0.29, 0.717) is 11.4 Å². The Labute approximate surface area is 129 Å². The van der Waals surface area contributed by atoms with Gasteiger partial charge >= 0.3 is 0 Å². The van der Waals surface area contributed by atoms with Crippen molar-refractivity contribution in [2.75, 3.05) is 10.0 Å². The van der Waals surface area contributed by atoms with Gasteiger partial charge in [0.05, 0.1) is 10.6 Å². The molecule has 2 rings (SSSR count). The van der Waals surface area contributed by atoms with Crippen molar-refractivity contribution >= 4 is 27.3 Å². The first-order valence-electron chi connectivity index (χ1n) is 6.54. The molecule has 1 amide bonds. The SMILES string of the molecule is C=CC(=O)Nc1cccc(NS(=O)(=O)c2ccc(C)cc2)c1. The van der Waals surface area contributed by atoms with Crippen molar-refractivity contribution in [3.05, 3.63) is 66.7 Å². The molecule has 22 heavy (non-hydrogen) atoms. The van der Waals surface area contributed by atoms with Crippen LogP contribution in [0.3, 0.4) is 0 Å². The number of carbonyl (C=O) groups is 1. The Morgan fingerprint density at radius 2 is 1.73 bits per heavy atom. The fourth-order valence-corrected chi connectivity index (χ4v) is 2.83. The zero-order chi connectivity index (χ0) is 16.2. The van der Waals surface area contributed by atoms with Crippen molar-refractivity contribution in [3.8, 4) is 0 Å². The van der Waals surface area contributed by atoms with Crippen molar-refractivity contribution < 1.29 is 13.2 Å². The summed E-state index contributed by atoms with van der Waals surface area (Å²) in [6.45, 7) is 5.25. The van der Waals surface area contributed by atoms with Crippen LogP contribution >= 0.6 is 0 Å². The third kappa shape index (κ3) is 3.95. The molecule has 0 spiro atoms. The van der Waals surface area contributed by atoms with Gasteiger partial charge in [-0.1, -0.05) is 30.3 Å². The highest BCUT2D eigenvalue weighted by Gasteiger charge is 2.14. The molecule has 0 unspecified atom stereocenters. The normalized spacial score (nSPS) is 10.8. The number of aryl methyl sites for hydroxylation is 1. The second-order valence-corrected chi connectivity index (χ2v) is 6.38. The Balaban J connectivity index is 2.22. The lowest BCUT2D eigenvalue weighted by Gasteiger charge is -2.10. The predicted octanol–water partition coefficient (Wildman–Crippen LogP) is 2.92. The van der Waals surface area contributed by atoms with Crippen molar-refractivity contribution in [2.45, 2.75) is 11.8 Å². The molecular weight excluding hydrogens is 300 g/mol. The molecule has 0 bridgehead atoms. The maximum Gasteiger partial charge on any atom is 0.261 e. The third-order valence-electron chi connectivity index (χ3n) is 2.90. The fourth-order valence-electron chi connectivity index (χ4n) is 1.79.